The Labute approximate surface area is 45.9 Å². The summed E-state index contributed by atoms with van der Waals surface area (Å²) in [5, 5.41) is 30.1. The van der Waals surface area contributed by atoms with Crippen molar-refractivity contribution in [3.05, 3.63) is 0 Å². The van der Waals surface area contributed by atoms with Gasteiger partial charge in [-0.25, -0.2) is 0 Å². The lowest BCUT2D eigenvalue weighted by Gasteiger charge is -2.02. The van der Waals surface area contributed by atoms with E-state index >= 15 is 0 Å². The standard InChI is InChI=1S/C3H8N2O3/c6-1-2(7)5-3(8)4-1/h1-8H/t1-,2-/m0/s1. The van der Waals surface area contributed by atoms with Gasteiger partial charge in [0.15, 0.2) is 6.35 Å². The van der Waals surface area contributed by atoms with E-state index in [0.29, 0.717) is 0 Å². The fourth-order valence-corrected chi connectivity index (χ4v) is 0.554. The van der Waals surface area contributed by atoms with Gasteiger partial charge in [-0.1, -0.05) is 0 Å². The summed E-state index contributed by atoms with van der Waals surface area (Å²) in [6, 6.07) is 0. The first-order chi connectivity index (χ1) is 3.70. The van der Waals surface area contributed by atoms with Gasteiger partial charge in [0, 0.05) is 0 Å². The highest BCUT2D eigenvalue weighted by molar-refractivity contribution is 4.72. The van der Waals surface area contributed by atoms with Crippen molar-refractivity contribution >= 4 is 0 Å². The summed E-state index contributed by atoms with van der Waals surface area (Å²) in [6.45, 7) is 0. The zero-order chi connectivity index (χ0) is 6.15. The van der Waals surface area contributed by atoms with Gasteiger partial charge in [-0.15, -0.1) is 0 Å². The highest BCUT2D eigenvalue weighted by Crippen LogP contribution is 1.94. The van der Waals surface area contributed by atoms with Crippen molar-refractivity contribution in [2.24, 2.45) is 0 Å². The van der Waals surface area contributed by atoms with Crippen LogP contribution in [0.15, 0.2) is 0 Å². The van der Waals surface area contributed by atoms with Gasteiger partial charge in [0.2, 0.25) is 0 Å². The maximum atomic E-state index is 8.58. The summed E-state index contributed by atoms with van der Waals surface area (Å²) in [5.74, 6) is 0. The second-order valence-corrected chi connectivity index (χ2v) is 1.63. The van der Waals surface area contributed by atoms with Crippen LogP contribution in [-0.4, -0.2) is 34.1 Å². The van der Waals surface area contributed by atoms with Crippen LogP contribution in [0.3, 0.4) is 0 Å². The van der Waals surface area contributed by atoms with Crippen LogP contribution >= 0.6 is 0 Å². The second-order valence-electron chi connectivity index (χ2n) is 1.63. The molecule has 1 aliphatic heterocycles. The molecular formula is C3H8N2O3. The number of aliphatic hydroxyl groups is 3. The molecule has 0 aliphatic carbocycles. The molecule has 2 atom stereocenters. The number of rotatable bonds is 0. The summed E-state index contributed by atoms with van der Waals surface area (Å²) >= 11 is 0. The SMILES string of the molecule is OC1N[C@@H](O)[C@H](O)N1. The fraction of sp³-hybridized carbons (Fsp3) is 1.00. The molecule has 0 aromatic rings. The molecule has 1 saturated heterocycles. The van der Waals surface area contributed by atoms with Crippen LogP contribution in [0.2, 0.25) is 0 Å². The number of nitrogens with one attached hydrogen (secondary N) is 2. The molecule has 1 aliphatic rings. The predicted octanol–water partition coefficient (Wildman–Crippen LogP) is -2.91. The Bertz CT molecular complexity index is 78.6. The van der Waals surface area contributed by atoms with Crippen LogP contribution in [0.1, 0.15) is 0 Å². The largest absolute Gasteiger partial charge is 0.374 e. The van der Waals surface area contributed by atoms with E-state index in [4.69, 9.17) is 15.3 Å². The Hall–Kier alpha value is -0.200. The maximum Gasteiger partial charge on any atom is 0.164 e. The molecule has 0 aromatic heterocycles. The summed E-state index contributed by atoms with van der Waals surface area (Å²) in [6.07, 6.45) is -3.13. The molecule has 5 N–H and O–H groups in total. The first-order valence-electron chi connectivity index (χ1n) is 2.26. The Kier molecular flexibility index (Phi) is 1.45. The lowest BCUT2D eigenvalue weighted by Crippen LogP contribution is -2.32. The number of hydrogen-bond donors (Lipinski definition) is 5. The third kappa shape index (κ3) is 0.960. The van der Waals surface area contributed by atoms with Crippen LogP contribution in [-0.2, 0) is 0 Å². The highest BCUT2D eigenvalue weighted by atomic mass is 16.4. The van der Waals surface area contributed by atoms with Crippen molar-refractivity contribution < 1.29 is 15.3 Å². The zero-order valence-electron chi connectivity index (χ0n) is 4.07. The number of aliphatic hydroxyl groups excluding tert-OH is 3. The van der Waals surface area contributed by atoms with Gasteiger partial charge < -0.3 is 15.3 Å². The van der Waals surface area contributed by atoms with E-state index in [1.165, 1.54) is 0 Å². The molecule has 0 radical (unpaired) electrons. The summed E-state index contributed by atoms with van der Waals surface area (Å²) in [7, 11) is 0. The van der Waals surface area contributed by atoms with Crippen molar-refractivity contribution in [1.82, 2.24) is 10.6 Å². The first kappa shape index (κ1) is 5.93. The minimum atomic E-state index is -1.06. The van der Waals surface area contributed by atoms with Gasteiger partial charge >= 0.3 is 0 Å². The van der Waals surface area contributed by atoms with E-state index in [-0.39, 0.29) is 0 Å². The van der Waals surface area contributed by atoms with Crippen LogP contribution in [0, 0.1) is 0 Å². The van der Waals surface area contributed by atoms with Gasteiger partial charge in [-0.3, -0.25) is 10.6 Å². The van der Waals surface area contributed by atoms with E-state index in [1.54, 1.807) is 0 Å². The minimum absolute atomic E-state index is 1.00. The molecule has 0 unspecified atom stereocenters. The average molecular weight is 120 g/mol. The third-order valence-electron chi connectivity index (χ3n) is 0.956. The monoisotopic (exact) mass is 120 g/mol. The Morgan fingerprint density at radius 1 is 0.875 bits per heavy atom. The van der Waals surface area contributed by atoms with Crippen LogP contribution < -0.4 is 10.6 Å². The Balaban J connectivity index is 2.39. The maximum absolute atomic E-state index is 8.58. The van der Waals surface area contributed by atoms with Gasteiger partial charge in [0.1, 0.15) is 12.5 Å². The first-order valence-corrected chi connectivity index (χ1v) is 2.26. The second kappa shape index (κ2) is 1.96. The minimum Gasteiger partial charge on any atom is -0.374 e. The smallest absolute Gasteiger partial charge is 0.164 e. The summed E-state index contributed by atoms with van der Waals surface area (Å²) in [4.78, 5) is 0. The molecular weight excluding hydrogens is 112 g/mol. The van der Waals surface area contributed by atoms with Crippen LogP contribution in [0.25, 0.3) is 0 Å². The molecule has 0 amide bonds. The zero-order valence-corrected chi connectivity index (χ0v) is 4.07. The van der Waals surface area contributed by atoms with Gasteiger partial charge in [-0.2, -0.15) is 0 Å². The number of hydrogen-bond acceptors (Lipinski definition) is 5. The molecule has 0 saturated carbocycles. The molecule has 0 aromatic carbocycles. The quantitative estimate of drug-likeness (QED) is 0.237. The average Bonchev–Trinajstić information content (AvgIpc) is 1.85. The molecule has 5 heteroatoms. The Morgan fingerprint density at radius 2 is 1.25 bits per heavy atom. The fourth-order valence-electron chi connectivity index (χ4n) is 0.554. The molecule has 8 heavy (non-hydrogen) atoms. The van der Waals surface area contributed by atoms with Crippen molar-refractivity contribution in [3.8, 4) is 0 Å². The van der Waals surface area contributed by atoms with Crippen molar-refractivity contribution in [1.29, 1.82) is 0 Å². The van der Waals surface area contributed by atoms with Crippen LogP contribution in [0.4, 0.5) is 0 Å². The van der Waals surface area contributed by atoms with E-state index in [2.05, 4.69) is 10.6 Å². The normalized spacial score (nSPS) is 40.9. The van der Waals surface area contributed by atoms with Crippen molar-refractivity contribution in [3.63, 3.8) is 0 Å². The summed E-state index contributed by atoms with van der Waals surface area (Å²) in [5.41, 5.74) is 0. The molecule has 0 spiro atoms. The lowest BCUT2D eigenvalue weighted by atomic mass is 10.5. The summed E-state index contributed by atoms with van der Waals surface area (Å²) < 4.78 is 0. The van der Waals surface area contributed by atoms with Gasteiger partial charge in [0.25, 0.3) is 0 Å². The van der Waals surface area contributed by atoms with E-state index in [0.717, 1.165) is 0 Å². The van der Waals surface area contributed by atoms with E-state index in [1.807, 2.05) is 0 Å². The molecule has 1 heterocycles. The lowest BCUT2D eigenvalue weighted by molar-refractivity contribution is 0.0215. The molecule has 1 rings (SSSR count). The topological polar surface area (TPSA) is 84.8 Å². The van der Waals surface area contributed by atoms with Crippen molar-refractivity contribution in [2.45, 2.75) is 18.8 Å². The van der Waals surface area contributed by atoms with E-state index in [9.17, 15) is 0 Å². The van der Waals surface area contributed by atoms with Gasteiger partial charge in [0.05, 0.1) is 0 Å². The highest BCUT2D eigenvalue weighted by Gasteiger charge is 2.27. The van der Waals surface area contributed by atoms with Crippen molar-refractivity contribution in [2.75, 3.05) is 0 Å². The molecule has 0 bridgehead atoms. The molecule has 48 valence electrons. The van der Waals surface area contributed by atoms with Crippen LogP contribution in [0.5, 0.6) is 0 Å². The third-order valence-corrected chi connectivity index (χ3v) is 0.956. The molecule has 1 fully saturated rings. The Morgan fingerprint density at radius 3 is 1.38 bits per heavy atom. The van der Waals surface area contributed by atoms with E-state index < -0.39 is 18.8 Å². The van der Waals surface area contributed by atoms with Gasteiger partial charge in [-0.05, 0) is 0 Å². The predicted molar refractivity (Wildman–Crippen MR) is 24.3 cm³/mol. The molecule has 5 nitrogen and oxygen atoms in total.